The zero-order valence-corrected chi connectivity index (χ0v) is 10.3. The molecule has 0 aromatic heterocycles. The van der Waals surface area contributed by atoms with Gasteiger partial charge in [0.2, 0.25) is 0 Å². The van der Waals surface area contributed by atoms with Crippen LogP contribution < -0.4 is 5.32 Å². The van der Waals surface area contributed by atoms with E-state index in [0.29, 0.717) is 18.1 Å². The van der Waals surface area contributed by atoms with Crippen molar-refractivity contribution in [3.8, 4) is 0 Å². The van der Waals surface area contributed by atoms with Gasteiger partial charge < -0.3 is 14.8 Å². The minimum Gasteiger partial charge on any atom is -0.380 e. The minimum absolute atomic E-state index is 0.421. The van der Waals surface area contributed by atoms with Crippen LogP contribution in [0.1, 0.15) is 33.6 Å². The normalized spacial score (nSPS) is 26.4. The molecule has 0 aromatic rings. The van der Waals surface area contributed by atoms with E-state index in [1.54, 1.807) is 0 Å². The summed E-state index contributed by atoms with van der Waals surface area (Å²) in [6.07, 6.45) is 3.27. The Hall–Kier alpha value is -0.120. The van der Waals surface area contributed by atoms with Gasteiger partial charge >= 0.3 is 0 Å². The van der Waals surface area contributed by atoms with Crippen LogP contribution in [0.4, 0.5) is 0 Å². The summed E-state index contributed by atoms with van der Waals surface area (Å²) in [7, 11) is 0. The van der Waals surface area contributed by atoms with E-state index in [4.69, 9.17) is 9.47 Å². The minimum atomic E-state index is 0.421. The molecule has 2 atom stereocenters. The van der Waals surface area contributed by atoms with Crippen molar-refractivity contribution >= 4 is 0 Å². The summed E-state index contributed by atoms with van der Waals surface area (Å²) in [5, 5.41) is 3.37. The third-order valence-electron chi connectivity index (χ3n) is 2.57. The van der Waals surface area contributed by atoms with Crippen molar-refractivity contribution in [2.24, 2.45) is 5.92 Å². The molecule has 1 N–H and O–H groups in total. The second kappa shape index (κ2) is 7.20. The molecule has 0 amide bonds. The van der Waals surface area contributed by atoms with Gasteiger partial charge in [0.15, 0.2) is 0 Å². The van der Waals surface area contributed by atoms with Crippen molar-refractivity contribution in [1.29, 1.82) is 0 Å². The Balaban J connectivity index is 1.85. The van der Waals surface area contributed by atoms with E-state index >= 15 is 0 Å². The Bertz CT molecular complexity index is 162. The van der Waals surface area contributed by atoms with E-state index in [1.807, 2.05) is 0 Å². The molecular formula is C12H25NO2. The molecule has 1 aliphatic heterocycles. The Morgan fingerprint density at radius 3 is 2.80 bits per heavy atom. The molecule has 15 heavy (non-hydrogen) atoms. The fraction of sp³-hybridized carbons (Fsp3) is 1.00. The highest BCUT2D eigenvalue weighted by Gasteiger charge is 2.20. The number of nitrogens with one attached hydrogen (secondary N) is 1. The highest BCUT2D eigenvalue weighted by atomic mass is 16.5. The Labute approximate surface area is 93.5 Å². The summed E-state index contributed by atoms with van der Waals surface area (Å²) in [6.45, 7) is 10.0. The first-order chi connectivity index (χ1) is 7.18. The van der Waals surface area contributed by atoms with E-state index in [-0.39, 0.29) is 0 Å². The highest BCUT2D eigenvalue weighted by Crippen LogP contribution is 2.17. The molecule has 3 nitrogen and oxygen atoms in total. The molecular weight excluding hydrogens is 190 g/mol. The molecule has 0 spiro atoms. The molecule has 1 fully saturated rings. The first kappa shape index (κ1) is 12.9. The summed E-state index contributed by atoms with van der Waals surface area (Å²) in [4.78, 5) is 0. The van der Waals surface area contributed by atoms with Crippen molar-refractivity contribution < 1.29 is 9.47 Å². The lowest BCUT2D eigenvalue weighted by atomic mass is 10.2. The van der Waals surface area contributed by atoms with E-state index in [1.165, 1.54) is 12.8 Å². The molecule has 1 aliphatic rings. The number of hydrogen-bond acceptors (Lipinski definition) is 3. The first-order valence-electron chi connectivity index (χ1n) is 6.12. The van der Waals surface area contributed by atoms with Crippen molar-refractivity contribution in [1.82, 2.24) is 5.32 Å². The van der Waals surface area contributed by atoms with Crippen LogP contribution in [0.2, 0.25) is 0 Å². The predicted octanol–water partition coefficient (Wildman–Crippen LogP) is 1.82. The molecule has 0 bridgehead atoms. The molecule has 1 heterocycles. The Morgan fingerprint density at radius 1 is 1.40 bits per heavy atom. The van der Waals surface area contributed by atoms with Crippen LogP contribution in [-0.4, -0.2) is 38.5 Å². The quantitative estimate of drug-likeness (QED) is 0.657. The topological polar surface area (TPSA) is 30.5 Å². The zero-order chi connectivity index (χ0) is 11.1. The second-order valence-electron chi connectivity index (χ2n) is 4.82. The van der Waals surface area contributed by atoms with Gasteiger partial charge in [-0.25, -0.2) is 0 Å². The summed E-state index contributed by atoms with van der Waals surface area (Å²) in [5.41, 5.74) is 0. The van der Waals surface area contributed by atoms with Crippen LogP contribution in [-0.2, 0) is 9.47 Å². The number of hydrogen-bond donors (Lipinski definition) is 1. The Morgan fingerprint density at radius 2 is 2.20 bits per heavy atom. The molecule has 0 radical (unpaired) electrons. The van der Waals surface area contributed by atoms with Crippen molar-refractivity contribution in [2.75, 3.05) is 26.3 Å². The maximum atomic E-state index is 5.70. The number of ether oxygens (including phenoxy) is 2. The van der Waals surface area contributed by atoms with Gasteiger partial charge in [-0.05, 0) is 25.7 Å². The molecule has 0 aromatic carbocycles. The Kier molecular flexibility index (Phi) is 6.22. The standard InChI is InChI=1S/C12H25NO2/c1-10(2)9-14-7-6-13-8-12-5-4-11(3)15-12/h10-13H,4-9H2,1-3H3. The van der Waals surface area contributed by atoms with Gasteiger partial charge in [0, 0.05) is 19.7 Å². The van der Waals surface area contributed by atoms with E-state index < -0.39 is 0 Å². The fourth-order valence-electron chi connectivity index (χ4n) is 1.76. The van der Waals surface area contributed by atoms with Gasteiger partial charge in [-0.2, -0.15) is 0 Å². The summed E-state index contributed by atoms with van der Waals surface area (Å²) < 4.78 is 11.2. The van der Waals surface area contributed by atoms with Crippen molar-refractivity contribution in [3.63, 3.8) is 0 Å². The maximum absolute atomic E-state index is 5.70. The molecule has 0 aliphatic carbocycles. The lowest BCUT2D eigenvalue weighted by Crippen LogP contribution is -2.29. The van der Waals surface area contributed by atoms with Crippen LogP contribution in [0, 0.1) is 5.92 Å². The van der Waals surface area contributed by atoms with Gasteiger partial charge in [0.1, 0.15) is 0 Å². The largest absolute Gasteiger partial charge is 0.380 e. The predicted molar refractivity (Wildman–Crippen MR) is 62.1 cm³/mol. The average molecular weight is 215 g/mol. The van der Waals surface area contributed by atoms with E-state index in [0.717, 1.165) is 26.3 Å². The maximum Gasteiger partial charge on any atom is 0.0704 e. The lowest BCUT2D eigenvalue weighted by Gasteiger charge is -2.12. The smallest absolute Gasteiger partial charge is 0.0704 e. The average Bonchev–Trinajstić information content (AvgIpc) is 2.57. The van der Waals surface area contributed by atoms with E-state index in [9.17, 15) is 0 Å². The summed E-state index contributed by atoms with van der Waals surface area (Å²) in [5.74, 6) is 0.629. The molecule has 1 saturated heterocycles. The van der Waals surface area contributed by atoms with Gasteiger partial charge in [-0.1, -0.05) is 13.8 Å². The number of rotatable bonds is 7. The molecule has 0 saturated carbocycles. The van der Waals surface area contributed by atoms with Crippen LogP contribution in [0.25, 0.3) is 0 Å². The van der Waals surface area contributed by atoms with Crippen LogP contribution in [0.5, 0.6) is 0 Å². The van der Waals surface area contributed by atoms with Gasteiger partial charge in [-0.15, -0.1) is 0 Å². The van der Waals surface area contributed by atoms with E-state index in [2.05, 4.69) is 26.1 Å². The van der Waals surface area contributed by atoms with Gasteiger partial charge in [0.05, 0.1) is 18.8 Å². The fourth-order valence-corrected chi connectivity index (χ4v) is 1.76. The summed E-state index contributed by atoms with van der Waals surface area (Å²) in [6, 6.07) is 0. The van der Waals surface area contributed by atoms with Crippen molar-refractivity contribution in [2.45, 2.75) is 45.8 Å². The lowest BCUT2D eigenvalue weighted by molar-refractivity contribution is 0.0533. The third-order valence-corrected chi connectivity index (χ3v) is 2.57. The van der Waals surface area contributed by atoms with Gasteiger partial charge in [-0.3, -0.25) is 0 Å². The molecule has 1 rings (SSSR count). The second-order valence-corrected chi connectivity index (χ2v) is 4.82. The van der Waals surface area contributed by atoms with Crippen LogP contribution >= 0.6 is 0 Å². The molecule has 2 unspecified atom stereocenters. The monoisotopic (exact) mass is 215 g/mol. The van der Waals surface area contributed by atoms with Crippen molar-refractivity contribution in [3.05, 3.63) is 0 Å². The first-order valence-corrected chi connectivity index (χ1v) is 6.12. The molecule has 3 heteroatoms. The SMILES string of the molecule is CC(C)COCCNCC1CCC(C)O1. The summed E-state index contributed by atoms with van der Waals surface area (Å²) >= 11 is 0. The molecule has 90 valence electrons. The van der Waals surface area contributed by atoms with Crippen LogP contribution in [0.3, 0.4) is 0 Å². The van der Waals surface area contributed by atoms with Gasteiger partial charge in [0.25, 0.3) is 0 Å². The zero-order valence-electron chi connectivity index (χ0n) is 10.3. The van der Waals surface area contributed by atoms with Crippen LogP contribution in [0.15, 0.2) is 0 Å². The third kappa shape index (κ3) is 6.13. The highest BCUT2D eigenvalue weighted by molar-refractivity contribution is 4.72.